The predicted molar refractivity (Wildman–Crippen MR) is 147 cm³/mol. The Kier molecular flexibility index (Phi) is 7.19. The minimum Gasteiger partial charge on any atom is -0.455 e. The maximum atomic E-state index is 13.5. The number of benzene rings is 2. The van der Waals surface area contributed by atoms with Gasteiger partial charge in [0.2, 0.25) is 5.30 Å². The van der Waals surface area contributed by atoms with Crippen LogP contribution in [0.15, 0.2) is 88.2 Å². The topological polar surface area (TPSA) is 30.2 Å². The first-order chi connectivity index (χ1) is 15.9. The van der Waals surface area contributed by atoms with Crippen LogP contribution in [0.4, 0.5) is 0 Å². The van der Waals surface area contributed by atoms with E-state index >= 15 is 0 Å². The molecule has 33 heavy (non-hydrogen) atoms. The molecule has 0 saturated carbocycles. The maximum absolute atomic E-state index is 13.5. The molecular weight excluding hydrogens is 463 g/mol. The lowest BCUT2D eigenvalue weighted by Crippen LogP contribution is -2.08. The zero-order valence-corrected chi connectivity index (χ0v) is 21.7. The molecule has 0 N–H and O–H groups in total. The zero-order chi connectivity index (χ0) is 23.5. The van der Waals surface area contributed by atoms with Gasteiger partial charge < -0.3 is 4.42 Å². The zero-order valence-electron chi connectivity index (χ0n) is 19.1. The predicted octanol–water partition coefficient (Wildman–Crippen LogP) is 8.31. The van der Waals surface area contributed by atoms with Gasteiger partial charge in [0.1, 0.15) is 11.5 Å². The highest BCUT2D eigenvalue weighted by Gasteiger charge is 2.29. The van der Waals surface area contributed by atoms with Gasteiger partial charge in [-0.3, -0.25) is 0 Å². The molecule has 0 aliphatic rings. The summed E-state index contributed by atoms with van der Waals surface area (Å²) in [5, 5.41) is 1.57. The molecule has 1 unspecified atom stereocenters. The Morgan fingerprint density at radius 2 is 1.67 bits per heavy atom. The van der Waals surface area contributed by atoms with Gasteiger partial charge in [-0.25, -0.2) is 0 Å². The summed E-state index contributed by atoms with van der Waals surface area (Å²) in [4.78, 5) is 3.40. The van der Waals surface area contributed by atoms with Gasteiger partial charge in [-0.2, -0.15) is 0 Å². The van der Waals surface area contributed by atoms with Crippen molar-refractivity contribution in [3.8, 4) is 22.5 Å². The smallest absolute Gasteiger partial charge is 0.416 e. The summed E-state index contributed by atoms with van der Waals surface area (Å²) >= 11 is 6.27. The number of rotatable bonds is 6. The number of hydrogen-bond acceptors (Lipinski definition) is 4. The van der Waals surface area contributed by atoms with Crippen molar-refractivity contribution >= 4 is 47.9 Å². The number of thiophene rings is 1. The van der Waals surface area contributed by atoms with Gasteiger partial charge in [0.05, 0.1) is 5.56 Å². The Morgan fingerprint density at radius 3 is 2.30 bits per heavy atom. The molecule has 1 atom stereocenters. The number of hydrogen-bond donors (Lipinski definition) is 1. The van der Waals surface area contributed by atoms with Crippen LogP contribution in [0.3, 0.4) is 0 Å². The van der Waals surface area contributed by atoms with E-state index in [9.17, 15) is 4.57 Å². The second-order valence-corrected chi connectivity index (χ2v) is 11.6. The Morgan fingerprint density at radius 1 is 0.970 bits per heavy atom. The summed E-state index contributed by atoms with van der Waals surface area (Å²) in [6.45, 7) is 8.21. The van der Waals surface area contributed by atoms with Crippen molar-refractivity contribution in [1.29, 1.82) is 0 Å². The minimum atomic E-state index is -1.75. The molecule has 0 aliphatic carbocycles. The van der Waals surface area contributed by atoms with E-state index in [1.54, 1.807) is 11.3 Å². The van der Waals surface area contributed by atoms with E-state index in [0.29, 0.717) is 5.76 Å². The minimum absolute atomic E-state index is 0.711. The number of aryl methyl sites for hydroxylation is 2. The van der Waals surface area contributed by atoms with Crippen LogP contribution >= 0.6 is 31.8 Å². The average molecular weight is 490 g/mol. The highest BCUT2D eigenvalue weighted by molar-refractivity contribution is 7.84. The maximum Gasteiger partial charge on any atom is 0.416 e. The largest absolute Gasteiger partial charge is 0.455 e. The summed E-state index contributed by atoms with van der Waals surface area (Å²) in [7, 11) is -1.75. The van der Waals surface area contributed by atoms with Gasteiger partial charge >= 0.3 is 7.80 Å². The first-order valence-electron chi connectivity index (χ1n) is 10.8. The standard InChI is InChI=1S/C28H25O2PS2/c1-5-21(15-18(2)32)28-25(24-16-19(3)33-20(24)4)17-26(30-28)23-13-9-10-14-27(23)31(29)22-11-7-6-8-12-22/h5-17H,1-4H3/p+1/b18-15-,21-5-. The molecule has 0 spiro atoms. The molecule has 2 aromatic carbocycles. The number of thiol groups is 1. The van der Waals surface area contributed by atoms with Crippen molar-refractivity contribution in [2.45, 2.75) is 27.7 Å². The van der Waals surface area contributed by atoms with Crippen molar-refractivity contribution < 1.29 is 8.98 Å². The second-order valence-electron chi connectivity index (χ2n) is 7.86. The van der Waals surface area contributed by atoms with Gasteiger partial charge in [0.25, 0.3) is 0 Å². The molecule has 2 aromatic heterocycles. The third-order valence-corrected chi connectivity index (χ3v) is 8.07. The lowest BCUT2D eigenvalue weighted by molar-refractivity contribution is 0.569. The van der Waals surface area contributed by atoms with Gasteiger partial charge in [0.15, 0.2) is 5.30 Å². The summed E-state index contributed by atoms with van der Waals surface area (Å²) in [6, 6.07) is 21.7. The van der Waals surface area contributed by atoms with Crippen LogP contribution in [0.5, 0.6) is 0 Å². The van der Waals surface area contributed by atoms with E-state index in [0.717, 1.165) is 43.5 Å². The lowest BCUT2D eigenvalue weighted by Gasteiger charge is -2.04. The van der Waals surface area contributed by atoms with Gasteiger partial charge in [-0.15, -0.1) is 24.0 Å². The van der Waals surface area contributed by atoms with E-state index in [-0.39, 0.29) is 0 Å². The van der Waals surface area contributed by atoms with Crippen LogP contribution in [0.25, 0.3) is 28.0 Å². The molecule has 4 aromatic rings. The van der Waals surface area contributed by atoms with Crippen LogP contribution < -0.4 is 10.6 Å². The molecule has 0 fully saturated rings. The average Bonchev–Trinajstić information content (AvgIpc) is 3.39. The molecule has 4 rings (SSSR count). The molecule has 0 saturated heterocycles. The van der Waals surface area contributed by atoms with Crippen molar-refractivity contribution in [3.63, 3.8) is 0 Å². The van der Waals surface area contributed by atoms with E-state index < -0.39 is 7.80 Å². The first-order valence-corrected chi connectivity index (χ1v) is 13.3. The van der Waals surface area contributed by atoms with Crippen LogP contribution in [-0.2, 0) is 4.57 Å². The van der Waals surface area contributed by atoms with E-state index in [4.69, 9.17) is 4.42 Å². The van der Waals surface area contributed by atoms with Crippen molar-refractivity contribution in [2.24, 2.45) is 0 Å². The molecular formula is C28H26O2PS2+. The van der Waals surface area contributed by atoms with E-state index in [2.05, 4.69) is 38.6 Å². The highest BCUT2D eigenvalue weighted by Crippen LogP contribution is 2.41. The Balaban J connectivity index is 1.92. The summed E-state index contributed by atoms with van der Waals surface area (Å²) in [5.41, 5.74) is 4.02. The van der Waals surface area contributed by atoms with Crippen LogP contribution in [0.1, 0.15) is 29.4 Å². The summed E-state index contributed by atoms with van der Waals surface area (Å²) in [6.07, 6.45) is 4.05. The number of furan rings is 1. The monoisotopic (exact) mass is 489 g/mol. The van der Waals surface area contributed by atoms with Crippen LogP contribution in [0.2, 0.25) is 0 Å². The Bertz CT molecular complexity index is 1370. The van der Waals surface area contributed by atoms with E-state index in [1.807, 2.05) is 80.6 Å². The summed E-state index contributed by atoms with van der Waals surface area (Å²) < 4.78 is 20.0. The quantitative estimate of drug-likeness (QED) is 0.168. The van der Waals surface area contributed by atoms with Crippen LogP contribution in [0, 0.1) is 13.8 Å². The molecule has 0 radical (unpaired) electrons. The van der Waals surface area contributed by atoms with Crippen molar-refractivity contribution in [2.75, 3.05) is 0 Å². The molecule has 2 nitrogen and oxygen atoms in total. The molecule has 5 heteroatoms. The van der Waals surface area contributed by atoms with Gasteiger partial charge in [0, 0.05) is 20.9 Å². The molecule has 166 valence electrons. The fraction of sp³-hybridized carbons (Fsp3) is 0.143. The Labute approximate surface area is 205 Å². The molecule has 0 amide bonds. The third-order valence-electron chi connectivity index (χ3n) is 5.38. The summed E-state index contributed by atoms with van der Waals surface area (Å²) in [5.74, 6) is 1.51. The fourth-order valence-electron chi connectivity index (χ4n) is 3.90. The SMILES string of the molecule is C/C=C(/C=C(/C)S)c1oc(-c2ccccc2[P+](=O)c2ccccc2)cc1-c1cc(C)sc1C. The number of allylic oxidation sites excluding steroid dienone is 4. The van der Waals surface area contributed by atoms with Crippen LogP contribution in [-0.4, -0.2) is 0 Å². The third kappa shape index (κ3) is 4.99. The second kappa shape index (κ2) is 10.1. The normalized spacial score (nSPS) is 12.8. The Hall–Kier alpha value is -2.65. The molecule has 0 bridgehead atoms. The highest BCUT2D eigenvalue weighted by atomic mass is 32.1. The van der Waals surface area contributed by atoms with Crippen molar-refractivity contribution in [3.05, 3.63) is 99.3 Å². The lowest BCUT2D eigenvalue weighted by atomic mass is 10.0. The van der Waals surface area contributed by atoms with E-state index in [1.165, 1.54) is 9.75 Å². The molecule has 0 aliphatic heterocycles. The van der Waals surface area contributed by atoms with Crippen molar-refractivity contribution in [1.82, 2.24) is 0 Å². The first kappa shape index (κ1) is 23.5. The van der Waals surface area contributed by atoms with Gasteiger partial charge in [-0.05, 0) is 80.6 Å². The van der Waals surface area contributed by atoms with Gasteiger partial charge in [-0.1, -0.05) is 41.0 Å². The molecule has 2 heterocycles. The fourth-order valence-corrected chi connectivity index (χ4v) is 6.33.